The van der Waals surface area contributed by atoms with Crippen LogP contribution < -0.4 is 0 Å². The van der Waals surface area contributed by atoms with Crippen molar-refractivity contribution in [1.82, 2.24) is 0 Å². The SMILES string of the molecule is CCO/C(CCc1ccccc1)=C(\C)C(=O)O. The van der Waals surface area contributed by atoms with Crippen LogP contribution >= 0.6 is 0 Å². The van der Waals surface area contributed by atoms with E-state index in [9.17, 15) is 4.79 Å². The lowest BCUT2D eigenvalue weighted by Crippen LogP contribution is -2.05. The molecule has 0 bridgehead atoms. The van der Waals surface area contributed by atoms with Crippen molar-refractivity contribution in [2.45, 2.75) is 26.7 Å². The smallest absolute Gasteiger partial charge is 0.334 e. The number of ether oxygens (including phenoxy) is 1. The van der Waals surface area contributed by atoms with Crippen molar-refractivity contribution in [3.05, 3.63) is 47.2 Å². The van der Waals surface area contributed by atoms with Crippen LogP contribution in [-0.2, 0) is 16.0 Å². The molecule has 0 saturated carbocycles. The Morgan fingerprint density at radius 2 is 1.94 bits per heavy atom. The van der Waals surface area contributed by atoms with Gasteiger partial charge in [0.2, 0.25) is 0 Å². The number of hydrogen-bond acceptors (Lipinski definition) is 2. The zero-order valence-corrected chi connectivity index (χ0v) is 10.3. The summed E-state index contributed by atoms with van der Waals surface area (Å²) < 4.78 is 5.39. The molecule has 0 aliphatic carbocycles. The van der Waals surface area contributed by atoms with Crippen LogP contribution in [0.5, 0.6) is 0 Å². The van der Waals surface area contributed by atoms with E-state index in [-0.39, 0.29) is 0 Å². The number of hydrogen-bond donors (Lipinski definition) is 1. The van der Waals surface area contributed by atoms with Gasteiger partial charge in [0.15, 0.2) is 0 Å². The minimum atomic E-state index is -0.915. The molecule has 0 radical (unpaired) electrons. The Kier molecular flexibility index (Phi) is 5.27. The van der Waals surface area contributed by atoms with E-state index in [4.69, 9.17) is 9.84 Å². The Balaban J connectivity index is 2.69. The van der Waals surface area contributed by atoms with Gasteiger partial charge in [-0.05, 0) is 25.8 Å². The molecule has 3 heteroatoms. The van der Waals surface area contributed by atoms with E-state index in [1.165, 1.54) is 5.56 Å². The molecule has 0 amide bonds. The molecule has 1 aromatic carbocycles. The first kappa shape index (κ1) is 13.3. The average Bonchev–Trinajstić information content (AvgIpc) is 2.34. The molecule has 0 aliphatic heterocycles. The quantitative estimate of drug-likeness (QED) is 0.608. The lowest BCUT2D eigenvalue weighted by molar-refractivity contribution is -0.132. The highest BCUT2D eigenvalue weighted by Crippen LogP contribution is 2.14. The van der Waals surface area contributed by atoms with Gasteiger partial charge in [0, 0.05) is 6.42 Å². The fraction of sp³-hybridized carbons (Fsp3) is 0.357. The summed E-state index contributed by atoms with van der Waals surface area (Å²) in [6, 6.07) is 9.97. The Hall–Kier alpha value is -1.77. The standard InChI is InChI=1S/C14H18O3/c1-3-17-13(11(2)14(15)16)10-9-12-7-5-4-6-8-12/h4-8H,3,9-10H2,1-2H3,(H,15,16)/b13-11+. The van der Waals surface area contributed by atoms with E-state index >= 15 is 0 Å². The van der Waals surface area contributed by atoms with Crippen LogP contribution in [0.2, 0.25) is 0 Å². The number of carboxylic acids is 1. The second-order valence-corrected chi connectivity index (χ2v) is 3.77. The fourth-order valence-electron chi connectivity index (χ4n) is 1.56. The van der Waals surface area contributed by atoms with Crippen LogP contribution in [0.3, 0.4) is 0 Å². The second-order valence-electron chi connectivity index (χ2n) is 3.77. The van der Waals surface area contributed by atoms with Crippen LogP contribution in [0, 0.1) is 0 Å². The van der Waals surface area contributed by atoms with E-state index in [1.807, 2.05) is 37.3 Å². The van der Waals surface area contributed by atoms with E-state index in [2.05, 4.69) is 0 Å². The third-order valence-electron chi connectivity index (χ3n) is 2.54. The number of aliphatic carboxylic acids is 1. The molecular weight excluding hydrogens is 216 g/mol. The van der Waals surface area contributed by atoms with Crippen molar-refractivity contribution in [3.8, 4) is 0 Å². The van der Waals surface area contributed by atoms with Gasteiger partial charge in [0.05, 0.1) is 12.2 Å². The van der Waals surface area contributed by atoms with Gasteiger partial charge in [-0.2, -0.15) is 0 Å². The molecule has 1 N–H and O–H groups in total. The molecule has 0 aromatic heterocycles. The summed E-state index contributed by atoms with van der Waals surface area (Å²) in [5.74, 6) is -0.342. The molecule has 0 spiro atoms. The van der Waals surface area contributed by atoms with Crippen molar-refractivity contribution >= 4 is 5.97 Å². The summed E-state index contributed by atoms with van der Waals surface area (Å²) in [6.07, 6.45) is 1.41. The summed E-state index contributed by atoms with van der Waals surface area (Å²) in [7, 11) is 0. The van der Waals surface area contributed by atoms with Crippen molar-refractivity contribution < 1.29 is 14.6 Å². The minimum Gasteiger partial charge on any atom is -0.498 e. The van der Waals surface area contributed by atoms with E-state index < -0.39 is 5.97 Å². The van der Waals surface area contributed by atoms with Gasteiger partial charge in [-0.3, -0.25) is 0 Å². The molecule has 92 valence electrons. The van der Waals surface area contributed by atoms with Gasteiger partial charge in [-0.15, -0.1) is 0 Å². The van der Waals surface area contributed by atoms with Gasteiger partial charge in [-0.25, -0.2) is 4.79 Å². The van der Waals surface area contributed by atoms with Crippen LogP contribution in [0.15, 0.2) is 41.7 Å². The van der Waals surface area contributed by atoms with E-state index in [1.54, 1.807) is 6.92 Å². The van der Waals surface area contributed by atoms with Gasteiger partial charge >= 0.3 is 5.97 Å². The summed E-state index contributed by atoms with van der Waals surface area (Å²) in [5.41, 5.74) is 1.48. The maximum absolute atomic E-state index is 10.9. The topological polar surface area (TPSA) is 46.5 Å². The zero-order valence-electron chi connectivity index (χ0n) is 10.3. The number of rotatable bonds is 6. The normalized spacial score (nSPS) is 11.9. The van der Waals surface area contributed by atoms with Gasteiger partial charge < -0.3 is 9.84 Å². The number of allylic oxidation sites excluding steroid dienone is 1. The second kappa shape index (κ2) is 6.74. The molecule has 0 atom stereocenters. The summed E-state index contributed by atoms with van der Waals surface area (Å²) in [5, 5.41) is 8.94. The molecule has 17 heavy (non-hydrogen) atoms. The third-order valence-corrected chi connectivity index (χ3v) is 2.54. The fourth-order valence-corrected chi connectivity index (χ4v) is 1.56. The number of benzene rings is 1. The molecule has 0 saturated heterocycles. The predicted octanol–water partition coefficient (Wildman–Crippen LogP) is 3.01. The summed E-state index contributed by atoms with van der Waals surface area (Å²) >= 11 is 0. The molecule has 0 unspecified atom stereocenters. The third kappa shape index (κ3) is 4.31. The first-order chi connectivity index (χ1) is 8.15. The lowest BCUT2D eigenvalue weighted by Gasteiger charge is -2.10. The first-order valence-corrected chi connectivity index (χ1v) is 5.75. The average molecular weight is 234 g/mol. The summed E-state index contributed by atoms with van der Waals surface area (Å²) in [6.45, 7) is 3.94. The maximum Gasteiger partial charge on any atom is 0.334 e. The van der Waals surface area contributed by atoms with E-state index in [0.29, 0.717) is 24.4 Å². The van der Waals surface area contributed by atoms with Crippen LogP contribution in [0.25, 0.3) is 0 Å². The Labute approximate surface area is 102 Å². The van der Waals surface area contributed by atoms with Gasteiger partial charge in [0.25, 0.3) is 0 Å². The highest BCUT2D eigenvalue weighted by Gasteiger charge is 2.10. The lowest BCUT2D eigenvalue weighted by atomic mass is 10.1. The molecule has 0 aliphatic rings. The van der Waals surface area contributed by atoms with Gasteiger partial charge in [0.1, 0.15) is 5.76 Å². The van der Waals surface area contributed by atoms with Crippen LogP contribution in [-0.4, -0.2) is 17.7 Å². The van der Waals surface area contributed by atoms with Crippen molar-refractivity contribution in [3.63, 3.8) is 0 Å². The Morgan fingerprint density at radius 3 is 2.47 bits per heavy atom. The van der Waals surface area contributed by atoms with Crippen LogP contribution in [0.1, 0.15) is 25.8 Å². The molecule has 1 rings (SSSR count). The van der Waals surface area contributed by atoms with Crippen molar-refractivity contribution in [2.75, 3.05) is 6.61 Å². The maximum atomic E-state index is 10.9. The number of aryl methyl sites for hydroxylation is 1. The first-order valence-electron chi connectivity index (χ1n) is 5.75. The summed E-state index contributed by atoms with van der Waals surface area (Å²) in [4.78, 5) is 10.9. The largest absolute Gasteiger partial charge is 0.498 e. The molecule has 3 nitrogen and oxygen atoms in total. The van der Waals surface area contributed by atoms with Crippen molar-refractivity contribution in [2.24, 2.45) is 0 Å². The van der Waals surface area contributed by atoms with Crippen molar-refractivity contribution in [1.29, 1.82) is 0 Å². The molecular formula is C14H18O3. The predicted molar refractivity (Wildman–Crippen MR) is 66.7 cm³/mol. The monoisotopic (exact) mass is 234 g/mol. The highest BCUT2D eigenvalue weighted by atomic mass is 16.5. The Morgan fingerprint density at radius 1 is 1.29 bits per heavy atom. The van der Waals surface area contributed by atoms with E-state index in [0.717, 1.165) is 6.42 Å². The minimum absolute atomic E-state index is 0.294. The molecule has 1 aromatic rings. The van der Waals surface area contributed by atoms with Gasteiger partial charge in [-0.1, -0.05) is 30.3 Å². The highest BCUT2D eigenvalue weighted by molar-refractivity contribution is 5.86. The molecule has 0 heterocycles. The number of carbonyl (C=O) groups is 1. The van der Waals surface area contributed by atoms with Crippen LogP contribution in [0.4, 0.5) is 0 Å². The molecule has 0 fully saturated rings. The Bertz CT molecular complexity index is 393. The zero-order chi connectivity index (χ0) is 12.7. The number of carboxylic acid groups (broad SMARTS) is 1.